The van der Waals surface area contributed by atoms with Crippen molar-refractivity contribution in [1.82, 2.24) is 0 Å². The molecule has 0 aromatic carbocycles. The minimum absolute atomic E-state index is 0.0172. The van der Waals surface area contributed by atoms with Gasteiger partial charge in [0, 0.05) is 6.42 Å². The fourth-order valence-electron chi connectivity index (χ4n) is 5.34. The second-order valence-electron chi connectivity index (χ2n) is 12.2. The van der Waals surface area contributed by atoms with Gasteiger partial charge in [-0.05, 0) is 44.9 Å². The van der Waals surface area contributed by atoms with E-state index < -0.39 is 0 Å². The molecule has 0 aliphatic heterocycles. The van der Waals surface area contributed by atoms with Crippen molar-refractivity contribution in [2.75, 3.05) is 6.61 Å². The van der Waals surface area contributed by atoms with Crippen LogP contribution in [-0.4, -0.2) is 12.6 Å². The molecule has 2 heteroatoms. The predicted molar refractivity (Wildman–Crippen MR) is 179 cm³/mol. The second-order valence-corrected chi connectivity index (χ2v) is 12.2. The molecule has 0 aliphatic rings. The van der Waals surface area contributed by atoms with Gasteiger partial charge in [-0.2, -0.15) is 0 Å². The van der Waals surface area contributed by atoms with Crippen molar-refractivity contribution in [2.24, 2.45) is 0 Å². The van der Waals surface area contributed by atoms with Crippen LogP contribution in [0.25, 0.3) is 0 Å². The first-order valence-corrected chi connectivity index (χ1v) is 18.3. The van der Waals surface area contributed by atoms with E-state index in [1.165, 1.54) is 167 Å². The van der Waals surface area contributed by atoms with Gasteiger partial charge in [-0.1, -0.05) is 179 Å². The van der Waals surface area contributed by atoms with Crippen LogP contribution in [0.1, 0.15) is 206 Å². The Kier molecular flexibility index (Phi) is 35.0. The molecule has 0 radical (unpaired) electrons. The first kappa shape index (κ1) is 39.0. The summed E-state index contributed by atoms with van der Waals surface area (Å²) in [7, 11) is 0. The number of hydrogen-bond donors (Lipinski definition) is 0. The molecule has 0 fully saturated rings. The highest BCUT2D eigenvalue weighted by Crippen LogP contribution is 2.15. The van der Waals surface area contributed by atoms with Crippen LogP contribution in [0.4, 0.5) is 0 Å². The van der Waals surface area contributed by atoms with Gasteiger partial charge in [0.05, 0.1) is 6.61 Å². The van der Waals surface area contributed by atoms with Crippen LogP contribution in [0.3, 0.4) is 0 Å². The summed E-state index contributed by atoms with van der Waals surface area (Å²) in [6.07, 6.45) is 48.1. The Hall–Kier alpha value is -1.05. The zero-order chi connectivity index (χ0) is 29.0. The molecule has 0 heterocycles. The smallest absolute Gasteiger partial charge is 0.305 e. The summed E-state index contributed by atoms with van der Waals surface area (Å²) in [5, 5.41) is 0. The van der Waals surface area contributed by atoms with Gasteiger partial charge < -0.3 is 4.74 Å². The van der Waals surface area contributed by atoms with Crippen LogP contribution in [0.5, 0.6) is 0 Å². The average Bonchev–Trinajstić information content (AvgIpc) is 2.96. The number of carbonyl (C=O) groups is 1. The van der Waals surface area contributed by atoms with Gasteiger partial charge in [0.2, 0.25) is 0 Å². The lowest BCUT2D eigenvalue weighted by molar-refractivity contribution is -0.143. The van der Waals surface area contributed by atoms with Gasteiger partial charge in [-0.25, -0.2) is 0 Å². The Balaban J connectivity index is 3.21. The van der Waals surface area contributed by atoms with Gasteiger partial charge in [0.15, 0.2) is 0 Å². The Bertz CT molecular complexity index is 536. The minimum atomic E-state index is 0.0172. The summed E-state index contributed by atoms with van der Waals surface area (Å²) < 4.78 is 5.44. The van der Waals surface area contributed by atoms with Crippen LogP contribution in [0.2, 0.25) is 0 Å². The fourth-order valence-corrected chi connectivity index (χ4v) is 5.34. The van der Waals surface area contributed by atoms with Gasteiger partial charge >= 0.3 is 5.97 Å². The number of hydrogen-bond acceptors (Lipinski definition) is 2. The van der Waals surface area contributed by atoms with Crippen LogP contribution in [0, 0.1) is 0 Å². The quantitative estimate of drug-likeness (QED) is 0.0453. The molecule has 0 aromatic heterocycles. The Morgan fingerprint density at radius 1 is 0.425 bits per heavy atom. The normalized spacial score (nSPS) is 11.8. The van der Waals surface area contributed by atoms with E-state index in [1.54, 1.807) is 0 Å². The highest BCUT2D eigenvalue weighted by Gasteiger charge is 2.02. The Morgan fingerprint density at radius 3 is 1.25 bits per heavy atom. The van der Waals surface area contributed by atoms with Crippen molar-refractivity contribution in [3.05, 3.63) is 24.3 Å². The third kappa shape index (κ3) is 35.0. The second kappa shape index (κ2) is 36.0. The van der Waals surface area contributed by atoms with Crippen LogP contribution in [0.15, 0.2) is 24.3 Å². The Labute approximate surface area is 252 Å². The topological polar surface area (TPSA) is 26.3 Å². The van der Waals surface area contributed by atoms with E-state index >= 15 is 0 Å². The summed E-state index contributed by atoms with van der Waals surface area (Å²) >= 11 is 0. The first-order valence-electron chi connectivity index (χ1n) is 18.3. The SMILES string of the molecule is CCCCC/C=C/C/C=C/CCCCCCCCOC(=O)CCCCCCCCCCCCCCCCCCC. The molecule has 0 aliphatic carbocycles. The lowest BCUT2D eigenvalue weighted by Gasteiger charge is -2.05. The zero-order valence-electron chi connectivity index (χ0n) is 27.5. The zero-order valence-corrected chi connectivity index (χ0v) is 27.5. The van der Waals surface area contributed by atoms with E-state index in [0.717, 1.165) is 19.3 Å². The number of carbonyl (C=O) groups excluding carboxylic acids is 1. The van der Waals surface area contributed by atoms with Crippen molar-refractivity contribution < 1.29 is 9.53 Å². The van der Waals surface area contributed by atoms with Crippen LogP contribution < -0.4 is 0 Å². The third-order valence-corrected chi connectivity index (χ3v) is 8.09. The third-order valence-electron chi connectivity index (χ3n) is 8.09. The van der Waals surface area contributed by atoms with Crippen molar-refractivity contribution in [2.45, 2.75) is 206 Å². The molecule has 0 unspecified atom stereocenters. The summed E-state index contributed by atoms with van der Waals surface area (Å²) in [5.74, 6) is 0.0172. The van der Waals surface area contributed by atoms with E-state index in [0.29, 0.717) is 13.0 Å². The maximum atomic E-state index is 11.9. The number of esters is 1. The lowest BCUT2D eigenvalue weighted by atomic mass is 10.0. The van der Waals surface area contributed by atoms with E-state index in [4.69, 9.17) is 4.74 Å². The van der Waals surface area contributed by atoms with Gasteiger partial charge in [0.1, 0.15) is 0 Å². The molecule has 0 saturated heterocycles. The number of ether oxygens (including phenoxy) is 1. The number of allylic oxidation sites excluding steroid dienone is 4. The van der Waals surface area contributed by atoms with Crippen molar-refractivity contribution in [3.8, 4) is 0 Å². The van der Waals surface area contributed by atoms with Crippen molar-refractivity contribution in [1.29, 1.82) is 0 Å². The molecule has 236 valence electrons. The molecule has 40 heavy (non-hydrogen) atoms. The molecule has 0 amide bonds. The van der Waals surface area contributed by atoms with Gasteiger partial charge in [-0.15, -0.1) is 0 Å². The summed E-state index contributed by atoms with van der Waals surface area (Å²) in [6.45, 7) is 5.17. The van der Waals surface area contributed by atoms with Crippen LogP contribution in [-0.2, 0) is 9.53 Å². The van der Waals surface area contributed by atoms with Crippen LogP contribution >= 0.6 is 0 Å². The molecule has 0 N–H and O–H groups in total. The van der Waals surface area contributed by atoms with Gasteiger partial charge in [-0.3, -0.25) is 4.79 Å². The highest BCUT2D eigenvalue weighted by molar-refractivity contribution is 5.69. The first-order chi connectivity index (χ1) is 19.8. The lowest BCUT2D eigenvalue weighted by Crippen LogP contribution is -2.05. The molecule has 2 nitrogen and oxygen atoms in total. The van der Waals surface area contributed by atoms with Gasteiger partial charge in [0.25, 0.3) is 0 Å². The number of rotatable bonds is 33. The molecular weight excluding hydrogens is 488 g/mol. The molecule has 0 saturated carbocycles. The summed E-state index contributed by atoms with van der Waals surface area (Å²) in [4.78, 5) is 11.9. The predicted octanol–water partition coefficient (Wildman–Crippen LogP) is 13.4. The summed E-state index contributed by atoms with van der Waals surface area (Å²) in [5.41, 5.74) is 0. The Morgan fingerprint density at radius 2 is 0.775 bits per heavy atom. The average molecular weight is 561 g/mol. The van der Waals surface area contributed by atoms with E-state index in [2.05, 4.69) is 38.2 Å². The maximum Gasteiger partial charge on any atom is 0.305 e. The van der Waals surface area contributed by atoms with E-state index in [1.807, 2.05) is 0 Å². The van der Waals surface area contributed by atoms with E-state index in [9.17, 15) is 4.79 Å². The molecular formula is C38H72O2. The molecule has 0 spiro atoms. The highest BCUT2D eigenvalue weighted by atomic mass is 16.5. The largest absolute Gasteiger partial charge is 0.466 e. The standard InChI is InChI=1S/C38H72O2/c1-3-5-7-9-11-13-15-17-19-21-22-24-26-28-30-32-34-36-38(39)40-37-35-33-31-29-27-25-23-20-18-16-14-12-10-8-6-4-2/h12,14,18,20H,3-11,13,15-17,19,21-37H2,1-2H3/b14-12+,20-18+. The van der Waals surface area contributed by atoms with E-state index in [-0.39, 0.29) is 5.97 Å². The fraction of sp³-hybridized carbons (Fsp3) is 0.868. The van der Waals surface area contributed by atoms with Crippen molar-refractivity contribution in [3.63, 3.8) is 0 Å². The maximum absolute atomic E-state index is 11.9. The monoisotopic (exact) mass is 561 g/mol. The van der Waals surface area contributed by atoms with Crippen molar-refractivity contribution >= 4 is 5.97 Å². The molecule has 0 aromatic rings. The molecule has 0 rings (SSSR count). The molecule has 0 bridgehead atoms. The number of unbranched alkanes of at least 4 members (excludes halogenated alkanes) is 25. The summed E-state index contributed by atoms with van der Waals surface area (Å²) in [6, 6.07) is 0. The minimum Gasteiger partial charge on any atom is -0.466 e. The molecule has 0 atom stereocenters.